The molecule has 3 aromatic rings. The maximum Gasteiger partial charge on any atom is 0.274 e. The van der Waals surface area contributed by atoms with Gasteiger partial charge in [0.2, 0.25) is 5.91 Å². The monoisotopic (exact) mass is 402 g/mol. The molecule has 2 amide bonds. The molecule has 2 atom stereocenters. The molecule has 0 bridgehead atoms. The van der Waals surface area contributed by atoms with Gasteiger partial charge in [0.15, 0.2) is 0 Å². The Hall–Kier alpha value is -3.42. The van der Waals surface area contributed by atoms with Gasteiger partial charge in [-0.15, -0.1) is 0 Å². The fourth-order valence-corrected chi connectivity index (χ4v) is 5.15. The molecule has 2 N–H and O–H groups in total. The van der Waals surface area contributed by atoms with Crippen molar-refractivity contribution in [1.29, 1.82) is 0 Å². The van der Waals surface area contributed by atoms with Gasteiger partial charge in [0.05, 0.1) is 12.2 Å². The quantitative estimate of drug-likeness (QED) is 0.704. The third kappa shape index (κ3) is 2.33. The Bertz CT molecular complexity index is 1180. The van der Waals surface area contributed by atoms with Crippen LogP contribution >= 0.6 is 0 Å². The molecule has 4 heterocycles. The average Bonchev–Trinajstić information content (AvgIpc) is 3.10. The van der Waals surface area contributed by atoms with E-state index in [4.69, 9.17) is 0 Å². The lowest BCUT2D eigenvalue weighted by Crippen LogP contribution is -2.42. The number of likely N-dealkylation sites (tertiary alicyclic amines) is 1. The highest BCUT2D eigenvalue weighted by Gasteiger charge is 2.59. The van der Waals surface area contributed by atoms with Crippen molar-refractivity contribution in [2.24, 2.45) is 7.05 Å². The Morgan fingerprint density at radius 3 is 2.87 bits per heavy atom. The van der Waals surface area contributed by atoms with Crippen LogP contribution in [-0.4, -0.2) is 43.2 Å². The Kier molecular flexibility index (Phi) is 3.51. The van der Waals surface area contributed by atoms with Crippen LogP contribution < -0.4 is 5.32 Å². The van der Waals surface area contributed by atoms with Crippen LogP contribution in [0.4, 0.5) is 5.69 Å². The molecule has 1 spiro atoms. The maximum absolute atomic E-state index is 13.5. The van der Waals surface area contributed by atoms with Crippen molar-refractivity contribution in [3.8, 4) is 0 Å². The normalized spacial score (nSPS) is 25.0. The molecule has 3 aliphatic rings. The Morgan fingerprint density at radius 2 is 2.10 bits per heavy atom. The van der Waals surface area contributed by atoms with Crippen molar-refractivity contribution < 1.29 is 9.59 Å². The van der Waals surface area contributed by atoms with Gasteiger partial charge in [-0.25, -0.2) is 0 Å². The molecule has 152 valence electrons. The van der Waals surface area contributed by atoms with Crippen molar-refractivity contribution in [1.82, 2.24) is 24.9 Å². The molecule has 30 heavy (non-hydrogen) atoms. The largest absolute Gasteiger partial charge is 0.329 e. The van der Waals surface area contributed by atoms with Crippen molar-refractivity contribution in [2.75, 3.05) is 11.9 Å². The number of carbonyl (C=O) groups excluding carboxylic acids is 2. The van der Waals surface area contributed by atoms with E-state index in [1.807, 2.05) is 43.6 Å². The summed E-state index contributed by atoms with van der Waals surface area (Å²) in [5, 5.41) is 14.7. The van der Waals surface area contributed by atoms with Crippen molar-refractivity contribution >= 4 is 17.5 Å². The molecular formula is C22H22N6O2. The molecule has 2 unspecified atom stereocenters. The maximum atomic E-state index is 13.5. The van der Waals surface area contributed by atoms with Gasteiger partial charge in [-0.3, -0.25) is 19.4 Å². The van der Waals surface area contributed by atoms with Gasteiger partial charge in [0, 0.05) is 42.7 Å². The molecule has 1 saturated carbocycles. The number of rotatable bonds is 3. The number of nitrogens with zero attached hydrogens (tertiary/aromatic N) is 4. The van der Waals surface area contributed by atoms with Crippen molar-refractivity contribution in [2.45, 2.75) is 36.6 Å². The van der Waals surface area contributed by atoms with Gasteiger partial charge < -0.3 is 10.2 Å². The highest BCUT2D eigenvalue weighted by Crippen LogP contribution is 2.54. The van der Waals surface area contributed by atoms with Crippen LogP contribution in [-0.2, 0) is 17.3 Å². The number of H-pyrrole nitrogens is 1. The molecule has 2 aliphatic heterocycles. The van der Waals surface area contributed by atoms with Crippen LogP contribution in [0.1, 0.15) is 58.5 Å². The molecule has 1 aliphatic carbocycles. The second-order valence-corrected chi connectivity index (χ2v) is 8.55. The van der Waals surface area contributed by atoms with Gasteiger partial charge in [0.1, 0.15) is 11.1 Å². The molecular weight excluding hydrogens is 380 g/mol. The summed E-state index contributed by atoms with van der Waals surface area (Å²) in [6.45, 7) is 0.478. The zero-order valence-electron chi connectivity index (χ0n) is 16.6. The average molecular weight is 402 g/mol. The van der Waals surface area contributed by atoms with E-state index in [1.165, 1.54) is 0 Å². The lowest BCUT2D eigenvalue weighted by Gasteiger charge is -2.33. The van der Waals surface area contributed by atoms with E-state index < -0.39 is 11.5 Å². The van der Waals surface area contributed by atoms with E-state index in [0.29, 0.717) is 24.6 Å². The summed E-state index contributed by atoms with van der Waals surface area (Å²) in [5.74, 6) is 0.278. The highest BCUT2D eigenvalue weighted by atomic mass is 16.2. The van der Waals surface area contributed by atoms with Crippen LogP contribution in [0.15, 0.2) is 42.7 Å². The first-order chi connectivity index (χ1) is 14.6. The molecule has 1 saturated heterocycles. The zero-order chi connectivity index (χ0) is 20.5. The number of para-hydroxylation sites is 1. The topological polar surface area (TPSA) is 95.9 Å². The lowest BCUT2D eigenvalue weighted by molar-refractivity contribution is -0.121. The van der Waals surface area contributed by atoms with Crippen molar-refractivity contribution in [3.05, 3.63) is 65.2 Å². The summed E-state index contributed by atoms with van der Waals surface area (Å²) >= 11 is 0. The van der Waals surface area contributed by atoms with Gasteiger partial charge in [-0.2, -0.15) is 10.2 Å². The van der Waals surface area contributed by atoms with E-state index in [2.05, 4.69) is 20.6 Å². The number of fused-ring (bicyclic) bond motifs is 2. The van der Waals surface area contributed by atoms with E-state index in [9.17, 15) is 9.59 Å². The number of aryl methyl sites for hydroxylation is 1. The Labute approximate surface area is 173 Å². The summed E-state index contributed by atoms with van der Waals surface area (Å²) in [7, 11) is 1.84. The third-order valence-electron chi connectivity index (χ3n) is 6.72. The Balaban J connectivity index is 1.46. The number of aromatic nitrogens is 4. The second-order valence-electron chi connectivity index (χ2n) is 8.55. The number of amides is 2. The third-order valence-corrected chi connectivity index (χ3v) is 6.72. The van der Waals surface area contributed by atoms with E-state index >= 15 is 0 Å². The first-order valence-electron chi connectivity index (χ1n) is 10.3. The first-order valence-corrected chi connectivity index (χ1v) is 10.3. The first kappa shape index (κ1) is 17.4. The van der Waals surface area contributed by atoms with E-state index in [1.54, 1.807) is 15.8 Å². The van der Waals surface area contributed by atoms with Crippen LogP contribution in [0.5, 0.6) is 0 Å². The summed E-state index contributed by atoms with van der Waals surface area (Å²) in [6, 6.07) is 9.20. The zero-order valence-corrected chi connectivity index (χ0v) is 16.6. The van der Waals surface area contributed by atoms with Gasteiger partial charge >= 0.3 is 0 Å². The van der Waals surface area contributed by atoms with Crippen LogP contribution in [0.3, 0.4) is 0 Å². The van der Waals surface area contributed by atoms with Crippen LogP contribution in [0, 0.1) is 0 Å². The number of hydrogen-bond donors (Lipinski definition) is 2. The minimum absolute atomic E-state index is 0.0615. The molecule has 8 heteroatoms. The molecule has 0 radical (unpaired) electrons. The van der Waals surface area contributed by atoms with Crippen LogP contribution in [0.25, 0.3) is 0 Å². The number of nitrogens with one attached hydrogen (secondary N) is 2. The SMILES string of the molecule is Cn1cc(C2N(C(=O)c3cc(C4CC4)[nH]n3)CCC23C(=O)Nc2ccccc23)cn1. The summed E-state index contributed by atoms with van der Waals surface area (Å²) in [5.41, 5.74) is 3.23. The number of hydrogen-bond acceptors (Lipinski definition) is 4. The minimum atomic E-state index is -0.828. The van der Waals surface area contributed by atoms with Crippen molar-refractivity contribution in [3.63, 3.8) is 0 Å². The number of aromatic amines is 1. The smallest absolute Gasteiger partial charge is 0.274 e. The van der Waals surface area contributed by atoms with Crippen LogP contribution in [0.2, 0.25) is 0 Å². The van der Waals surface area contributed by atoms with Gasteiger partial charge in [-0.1, -0.05) is 18.2 Å². The number of anilines is 1. The predicted octanol–water partition coefficient (Wildman–Crippen LogP) is 2.50. The molecule has 2 fully saturated rings. The fraction of sp³-hybridized carbons (Fsp3) is 0.364. The van der Waals surface area contributed by atoms with E-state index in [0.717, 1.165) is 35.3 Å². The number of benzene rings is 1. The standard InChI is InChI=1S/C22H22N6O2/c1-27-12-14(11-23-27)19-22(15-4-2-3-5-16(15)24-21(22)30)8-9-28(19)20(29)18-10-17(25-26-18)13-6-7-13/h2-5,10-13,19H,6-9H2,1H3,(H,24,30)(H,25,26). The highest BCUT2D eigenvalue weighted by molar-refractivity contribution is 6.08. The van der Waals surface area contributed by atoms with Gasteiger partial charge in [-0.05, 0) is 37.0 Å². The Morgan fingerprint density at radius 1 is 1.27 bits per heavy atom. The predicted molar refractivity (Wildman–Crippen MR) is 109 cm³/mol. The lowest BCUT2D eigenvalue weighted by atomic mass is 9.73. The molecule has 8 nitrogen and oxygen atoms in total. The minimum Gasteiger partial charge on any atom is -0.329 e. The summed E-state index contributed by atoms with van der Waals surface area (Å²) < 4.78 is 1.71. The molecule has 1 aromatic carbocycles. The summed E-state index contributed by atoms with van der Waals surface area (Å²) in [4.78, 5) is 28.7. The fourth-order valence-electron chi connectivity index (χ4n) is 5.15. The second kappa shape index (κ2) is 6.04. The number of carbonyl (C=O) groups is 2. The molecule has 6 rings (SSSR count). The van der Waals surface area contributed by atoms with E-state index in [-0.39, 0.29) is 11.8 Å². The molecule has 2 aromatic heterocycles. The van der Waals surface area contributed by atoms with Gasteiger partial charge in [0.25, 0.3) is 5.91 Å². The summed E-state index contributed by atoms with van der Waals surface area (Å²) in [6.07, 6.45) is 6.48.